The number of carbonyl (C=O) groups excluding carboxylic acids is 2. The van der Waals surface area contributed by atoms with Crippen molar-refractivity contribution in [3.05, 3.63) is 90.0 Å². The molecule has 3 N–H and O–H groups in total. The van der Waals surface area contributed by atoms with E-state index in [4.69, 9.17) is 10.5 Å². The number of ether oxygens (including phenoxy) is 1. The van der Waals surface area contributed by atoms with Crippen LogP contribution in [-0.2, 0) is 16.1 Å². The van der Waals surface area contributed by atoms with E-state index in [1.165, 1.54) is 0 Å². The van der Waals surface area contributed by atoms with Crippen molar-refractivity contribution in [2.24, 2.45) is 5.73 Å². The van der Waals surface area contributed by atoms with Gasteiger partial charge in [-0.3, -0.25) is 0 Å². The highest BCUT2D eigenvalue weighted by atomic mass is 16.6. The Kier molecular flexibility index (Phi) is 5.97. The minimum Gasteiger partial charge on any atom is -0.388 e. The number of nitrogens with one attached hydrogen (secondary N) is 1. The zero-order chi connectivity index (χ0) is 19.1. The molecule has 0 bridgehead atoms. The van der Waals surface area contributed by atoms with E-state index in [1.807, 2.05) is 48.5 Å². The van der Waals surface area contributed by atoms with E-state index >= 15 is 0 Å². The lowest BCUT2D eigenvalue weighted by atomic mass is 9.99. The topological polar surface area (TPSA) is 81.4 Å². The van der Waals surface area contributed by atoms with Gasteiger partial charge in [0.15, 0.2) is 0 Å². The molecule has 0 saturated heterocycles. The monoisotopic (exact) mass is 360 g/mol. The van der Waals surface area contributed by atoms with Gasteiger partial charge in [-0.1, -0.05) is 54.6 Å². The summed E-state index contributed by atoms with van der Waals surface area (Å²) in [5.74, 6) is -1.31. The maximum Gasteiger partial charge on any atom is 0.345 e. The van der Waals surface area contributed by atoms with Crippen molar-refractivity contribution in [1.29, 1.82) is 0 Å². The number of esters is 2. The van der Waals surface area contributed by atoms with E-state index in [0.717, 1.165) is 22.4 Å². The number of benzene rings is 3. The highest BCUT2D eigenvalue weighted by Crippen LogP contribution is 2.26. The van der Waals surface area contributed by atoms with E-state index in [-0.39, 0.29) is 6.54 Å². The molecule has 0 fully saturated rings. The van der Waals surface area contributed by atoms with Crippen molar-refractivity contribution in [2.45, 2.75) is 6.54 Å². The van der Waals surface area contributed by atoms with E-state index in [1.54, 1.807) is 30.3 Å². The lowest BCUT2D eigenvalue weighted by Gasteiger charge is -2.12. The van der Waals surface area contributed by atoms with Crippen LogP contribution < -0.4 is 11.1 Å². The molecule has 0 saturated carbocycles. The Morgan fingerprint density at radius 1 is 0.889 bits per heavy atom. The predicted octanol–water partition coefficient (Wildman–Crippen LogP) is 3.61. The molecule has 5 nitrogen and oxygen atoms in total. The molecule has 3 aromatic carbocycles. The third kappa shape index (κ3) is 4.80. The molecule has 136 valence electrons. The van der Waals surface area contributed by atoms with Gasteiger partial charge in [0.25, 0.3) is 0 Å². The Balaban J connectivity index is 1.62. The summed E-state index contributed by atoms with van der Waals surface area (Å²) in [5.41, 5.74) is 10.0. The van der Waals surface area contributed by atoms with Crippen molar-refractivity contribution in [2.75, 3.05) is 11.9 Å². The Morgan fingerprint density at radius 2 is 1.56 bits per heavy atom. The molecule has 0 radical (unpaired) electrons. The average Bonchev–Trinajstić information content (AvgIpc) is 2.73. The normalized spacial score (nSPS) is 10.3. The van der Waals surface area contributed by atoms with Gasteiger partial charge in [-0.2, -0.15) is 0 Å². The molecule has 0 amide bonds. The number of rotatable bonds is 6. The van der Waals surface area contributed by atoms with Gasteiger partial charge in [-0.05, 0) is 41.0 Å². The van der Waals surface area contributed by atoms with Crippen molar-refractivity contribution in [1.82, 2.24) is 0 Å². The first-order valence-electron chi connectivity index (χ1n) is 8.59. The minimum absolute atomic E-state index is 0.118. The molecule has 0 spiro atoms. The van der Waals surface area contributed by atoms with E-state index in [0.29, 0.717) is 12.1 Å². The van der Waals surface area contributed by atoms with Crippen LogP contribution in [0.5, 0.6) is 0 Å². The summed E-state index contributed by atoms with van der Waals surface area (Å²) in [6.45, 7) is 0.254. The summed E-state index contributed by atoms with van der Waals surface area (Å²) in [6.07, 6.45) is 0. The average molecular weight is 360 g/mol. The van der Waals surface area contributed by atoms with Gasteiger partial charge < -0.3 is 15.8 Å². The fraction of sp³-hybridized carbons (Fsp3) is 0.0909. The molecule has 3 rings (SSSR count). The number of hydrogen-bond acceptors (Lipinski definition) is 5. The molecule has 0 aliphatic rings. The van der Waals surface area contributed by atoms with Crippen LogP contribution in [0.15, 0.2) is 78.9 Å². The Labute approximate surface area is 157 Å². The van der Waals surface area contributed by atoms with Crippen molar-refractivity contribution in [3.63, 3.8) is 0 Å². The van der Waals surface area contributed by atoms with Gasteiger partial charge in [-0.25, -0.2) is 9.59 Å². The van der Waals surface area contributed by atoms with Gasteiger partial charge in [-0.15, -0.1) is 0 Å². The smallest absolute Gasteiger partial charge is 0.345 e. The second kappa shape index (κ2) is 8.78. The molecule has 27 heavy (non-hydrogen) atoms. The van der Waals surface area contributed by atoms with E-state index < -0.39 is 11.9 Å². The van der Waals surface area contributed by atoms with E-state index in [2.05, 4.69) is 5.32 Å². The lowest BCUT2D eigenvalue weighted by Crippen LogP contribution is -2.20. The van der Waals surface area contributed by atoms with Crippen LogP contribution in [0, 0.1) is 0 Å². The van der Waals surface area contributed by atoms with Gasteiger partial charge >= 0.3 is 11.9 Å². The van der Waals surface area contributed by atoms with Gasteiger partial charge in [0.2, 0.25) is 0 Å². The van der Waals surface area contributed by atoms with Crippen molar-refractivity contribution < 1.29 is 14.3 Å². The lowest BCUT2D eigenvalue weighted by molar-refractivity contribution is -0.135. The third-order valence-corrected chi connectivity index (χ3v) is 4.06. The minimum atomic E-state index is -0.663. The first-order chi connectivity index (χ1) is 13.2. The Bertz CT molecular complexity index is 925. The number of nitrogens with two attached hydrogens (primary N) is 1. The zero-order valence-electron chi connectivity index (χ0n) is 14.7. The number of hydrogen-bond donors (Lipinski definition) is 2. The molecule has 0 aliphatic carbocycles. The molecule has 5 heteroatoms. The van der Waals surface area contributed by atoms with Crippen LogP contribution in [0.2, 0.25) is 0 Å². The van der Waals surface area contributed by atoms with Crippen molar-refractivity contribution in [3.8, 4) is 11.1 Å². The highest BCUT2D eigenvalue weighted by molar-refractivity contribution is 5.97. The SMILES string of the molecule is NCc1cc(NCC(=O)OC(=O)c2ccccc2)ccc1-c1ccccc1. The summed E-state index contributed by atoms with van der Waals surface area (Å²) in [6, 6.07) is 24.1. The molecule has 0 heterocycles. The fourth-order valence-electron chi connectivity index (χ4n) is 2.72. The Hall–Kier alpha value is -3.44. The molecule has 0 atom stereocenters. The molecule has 0 unspecified atom stereocenters. The summed E-state index contributed by atoms with van der Waals surface area (Å²) >= 11 is 0. The first-order valence-corrected chi connectivity index (χ1v) is 8.59. The molecular weight excluding hydrogens is 340 g/mol. The molecule has 3 aromatic rings. The van der Waals surface area contributed by atoms with Gasteiger partial charge in [0.05, 0.1) is 5.56 Å². The van der Waals surface area contributed by atoms with Crippen LogP contribution in [0.1, 0.15) is 15.9 Å². The number of anilines is 1. The summed E-state index contributed by atoms with van der Waals surface area (Å²) in [7, 11) is 0. The highest BCUT2D eigenvalue weighted by Gasteiger charge is 2.12. The Morgan fingerprint density at radius 3 is 2.22 bits per heavy atom. The van der Waals surface area contributed by atoms with Gasteiger partial charge in [0.1, 0.15) is 6.54 Å². The fourth-order valence-corrected chi connectivity index (χ4v) is 2.72. The first kappa shape index (κ1) is 18.4. The quantitative estimate of drug-likeness (QED) is 0.518. The van der Waals surface area contributed by atoms with Crippen LogP contribution in [0.3, 0.4) is 0 Å². The van der Waals surface area contributed by atoms with Crippen LogP contribution in [-0.4, -0.2) is 18.5 Å². The second-order valence-electron chi connectivity index (χ2n) is 5.92. The predicted molar refractivity (Wildman–Crippen MR) is 105 cm³/mol. The molecular formula is C22H20N2O3. The zero-order valence-corrected chi connectivity index (χ0v) is 14.7. The third-order valence-electron chi connectivity index (χ3n) is 4.06. The molecule has 0 aliphatic heterocycles. The maximum absolute atomic E-state index is 11.9. The summed E-state index contributed by atoms with van der Waals surface area (Å²) in [5, 5.41) is 2.97. The summed E-state index contributed by atoms with van der Waals surface area (Å²) < 4.78 is 4.84. The largest absolute Gasteiger partial charge is 0.388 e. The van der Waals surface area contributed by atoms with Gasteiger partial charge in [0, 0.05) is 12.2 Å². The van der Waals surface area contributed by atoms with Crippen molar-refractivity contribution >= 4 is 17.6 Å². The van der Waals surface area contributed by atoms with Crippen LogP contribution in [0.25, 0.3) is 11.1 Å². The molecule has 0 aromatic heterocycles. The van der Waals surface area contributed by atoms with E-state index in [9.17, 15) is 9.59 Å². The summed E-state index contributed by atoms with van der Waals surface area (Å²) in [4.78, 5) is 23.8. The van der Waals surface area contributed by atoms with Crippen LogP contribution in [0.4, 0.5) is 5.69 Å². The van der Waals surface area contributed by atoms with Crippen LogP contribution >= 0.6 is 0 Å². The maximum atomic E-state index is 11.9. The second-order valence-corrected chi connectivity index (χ2v) is 5.92. The number of carbonyl (C=O) groups is 2. The standard InChI is InChI=1S/C22H20N2O3/c23-14-18-13-19(11-12-20(18)16-7-3-1-4-8-16)24-15-21(25)27-22(26)17-9-5-2-6-10-17/h1-13,24H,14-15,23H2.